The molecule has 1 fully saturated rings. The Morgan fingerprint density at radius 2 is 1.77 bits per heavy atom. The molecule has 2 aromatic rings. The van der Waals surface area contributed by atoms with Crippen LogP contribution in [0.4, 0.5) is 19.3 Å². The topological polar surface area (TPSA) is 61.4 Å². The average molecular weight is 359 g/mol. The van der Waals surface area contributed by atoms with Gasteiger partial charge in [-0.25, -0.2) is 13.6 Å². The fraction of sp³-hybridized carbons (Fsp3) is 0.263. The molecule has 1 aliphatic rings. The molecular weight excluding hydrogens is 340 g/mol. The first-order valence-corrected chi connectivity index (χ1v) is 8.31. The highest BCUT2D eigenvalue weighted by molar-refractivity contribution is 5.90. The number of para-hydroxylation sites is 1. The Labute approximate surface area is 150 Å². The molecule has 0 spiro atoms. The highest BCUT2D eigenvalue weighted by Gasteiger charge is 2.34. The van der Waals surface area contributed by atoms with Crippen molar-refractivity contribution >= 4 is 17.6 Å². The molecule has 2 unspecified atom stereocenters. The lowest BCUT2D eigenvalue weighted by atomic mass is 10.1. The molecule has 0 aromatic heterocycles. The van der Waals surface area contributed by atoms with Crippen molar-refractivity contribution in [3.05, 3.63) is 65.7 Å². The molecule has 0 radical (unpaired) electrons. The molecule has 0 bridgehead atoms. The number of carbonyl (C=O) groups excluding carboxylic acids is 2. The zero-order valence-electron chi connectivity index (χ0n) is 14.2. The van der Waals surface area contributed by atoms with Gasteiger partial charge in [0.2, 0.25) is 5.91 Å². The fourth-order valence-corrected chi connectivity index (χ4v) is 3.07. The molecule has 3 rings (SSSR count). The van der Waals surface area contributed by atoms with Gasteiger partial charge in [-0.05, 0) is 24.6 Å². The Morgan fingerprint density at radius 3 is 2.42 bits per heavy atom. The van der Waals surface area contributed by atoms with Crippen molar-refractivity contribution in [2.24, 2.45) is 0 Å². The van der Waals surface area contributed by atoms with Crippen LogP contribution in [0.3, 0.4) is 0 Å². The Hall–Kier alpha value is -2.96. The third-order valence-electron chi connectivity index (χ3n) is 4.44. The van der Waals surface area contributed by atoms with E-state index in [1.807, 2.05) is 37.3 Å². The molecule has 2 atom stereocenters. The lowest BCUT2D eigenvalue weighted by Gasteiger charge is -2.25. The van der Waals surface area contributed by atoms with Crippen molar-refractivity contribution in [2.75, 3.05) is 11.9 Å². The number of nitrogens with one attached hydrogen (secondary N) is 2. The molecule has 3 amide bonds. The van der Waals surface area contributed by atoms with Crippen molar-refractivity contribution in [1.29, 1.82) is 0 Å². The van der Waals surface area contributed by atoms with Crippen LogP contribution < -0.4 is 10.6 Å². The summed E-state index contributed by atoms with van der Waals surface area (Å²) in [5.41, 5.74) is 0.489. The van der Waals surface area contributed by atoms with E-state index in [0.29, 0.717) is 6.54 Å². The average Bonchev–Trinajstić information content (AvgIpc) is 2.98. The van der Waals surface area contributed by atoms with Crippen LogP contribution >= 0.6 is 0 Å². The van der Waals surface area contributed by atoms with Crippen LogP contribution in [0.2, 0.25) is 0 Å². The van der Waals surface area contributed by atoms with E-state index in [2.05, 4.69) is 10.6 Å². The number of likely N-dealkylation sites (tertiary alicyclic amines) is 1. The normalized spacial score (nSPS) is 17.9. The number of amides is 3. The van der Waals surface area contributed by atoms with E-state index >= 15 is 0 Å². The van der Waals surface area contributed by atoms with Crippen molar-refractivity contribution in [3.8, 4) is 0 Å². The molecular formula is C19H19F2N3O2. The van der Waals surface area contributed by atoms with Gasteiger partial charge in [0.1, 0.15) is 17.3 Å². The van der Waals surface area contributed by atoms with Crippen LogP contribution in [0, 0.1) is 11.6 Å². The van der Waals surface area contributed by atoms with E-state index in [1.54, 1.807) is 4.90 Å². The summed E-state index contributed by atoms with van der Waals surface area (Å²) in [5.74, 6) is -1.80. The number of halogens is 2. The number of hydrogen-bond acceptors (Lipinski definition) is 2. The number of urea groups is 1. The first-order chi connectivity index (χ1) is 12.5. The van der Waals surface area contributed by atoms with Gasteiger partial charge in [0, 0.05) is 13.0 Å². The quantitative estimate of drug-likeness (QED) is 0.878. The number of benzene rings is 2. The van der Waals surface area contributed by atoms with Crippen LogP contribution in [0.5, 0.6) is 0 Å². The molecule has 1 aliphatic heterocycles. The van der Waals surface area contributed by atoms with Crippen LogP contribution in [0.15, 0.2) is 48.5 Å². The molecule has 136 valence electrons. The van der Waals surface area contributed by atoms with E-state index in [4.69, 9.17) is 0 Å². The molecule has 0 aliphatic carbocycles. The molecule has 7 heteroatoms. The van der Waals surface area contributed by atoms with E-state index in [1.165, 1.54) is 6.07 Å². The number of nitrogens with zero attached hydrogens (tertiary/aromatic N) is 1. The van der Waals surface area contributed by atoms with Gasteiger partial charge < -0.3 is 15.5 Å². The molecule has 1 saturated heterocycles. The van der Waals surface area contributed by atoms with Gasteiger partial charge in [-0.1, -0.05) is 36.4 Å². The van der Waals surface area contributed by atoms with Gasteiger partial charge in [-0.2, -0.15) is 0 Å². The number of anilines is 1. The zero-order valence-corrected chi connectivity index (χ0v) is 14.2. The van der Waals surface area contributed by atoms with Crippen molar-refractivity contribution < 1.29 is 18.4 Å². The number of hydrogen-bond donors (Lipinski definition) is 2. The van der Waals surface area contributed by atoms with Crippen LogP contribution in [-0.4, -0.2) is 29.4 Å². The molecule has 0 saturated carbocycles. The summed E-state index contributed by atoms with van der Waals surface area (Å²) in [6, 6.07) is 11.6. The fourth-order valence-electron chi connectivity index (χ4n) is 3.07. The second-order valence-electron chi connectivity index (χ2n) is 6.23. The minimum Gasteiger partial charge on any atom is -0.334 e. The second-order valence-corrected chi connectivity index (χ2v) is 6.23. The maximum atomic E-state index is 13.6. The lowest BCUT2D eigenvalue weighted by Crippen LogP contribution is -2.40. The van der Waals surface area contributed by atoms with E-state index in [-0.39, 0.29) is 18.4 Å². The highest BCUT2D eigenvalue weighted by atomic mass is 19.1. The van der Waals surface area contributed by atoms with Gasteiger partial charge in [-0.15, -0.1) is 0 Å². The largest absolute Gasteiger partial charge is 0.334 e. The summed E-state index contributed by atoms with van der Waals surface area (Å²) in [6.45, 7) is 2.26. The summed E-state index contributed by atoms with van der Waals surface area (Å²) in [7, 11) is 0. The Balaban J connectivity index is 1.61. The van der Waals surface area contributed by atoms with Crippen molar-refractivity contribution in [2.45, 2.75) is 25.4 Å². The van der Waals surface area contributed by atoms with Crippen LogP contribution in [-0.2, 0) is 4.79 Å². The van der Waals surface area contributed by atoms with Gasteiger partial charge in [-0.3, -0.25) is 4.79 Å². The van der Waals surface area contributed by atoms with Crippen LogP contribution in [0.1, 0.15) is 24.9 Å². The lowest BCUT2D eigenvalue weighted by molar-refractivity contribution is -0.129. The minimum absolute atomic E-state index is 0.0799. The SMILES string of the molecule is CC(c1ccccc1)N1CC(NC(=O)Nc2c(F)cccc2F)CC1=O. The molecule has 26 heavy (non-hydrogen) atoms. The van der Waals surface area contributed by atoms with Crippen molar-refractivity contribution in [1.82, 2.24) is 10.2 Å². The standard InChI is InChI=1S/C19H19F2N3O2/c1-12(13-6-3-2-4-7-13)24-11-14(10-17(24)25)22-19(26)23-18-15(20)8-5-9-16(18)21/h2-9,12,14H,10-11H2,1H3,(H2,22,23,26). The molecule has 2 N–H and O–H groups in total. The van der Waals surface area contributed by atoms with Gasteiger partial charge in [0.05, 0.1) is 12.1 Å². The van der Waals surface area contributed by atoms with E-state index in [0.717, 1.165) is 17.7 Å². The summed E-state index contributed by atoms with van der Waals surface area (Å²) in [5, 5.41) is 4.77. The smallest absolute Gasteiger partial charge is 0.319 e. The van der Waals surface area contributed by atoms with Crippen LogP contribution in [0.25, 0.3) is 0 Å². The minimum atomic E-state index is -0.859. The third kappa shape index (κ3) is 3.82. The maximum absolute atomic E-state index is 13.6. The Morgan fingerprint density at radius 1 is 1.12 bits per heavy atom. The predicted molar refractivity (Wildman–Crippen MR) is 93.5 cm³/mol. The third-order valence-corrected chi connectivity index (χ3v) is 4.44. The maximum Gasteiger partial charge on any atom is 0.319 e. The first-order valence-electron chi connectivity index (χ1n) is 8.31. The zero-order chi connectivity index (χ0) is 18.7. The monoisotopic (exact) mass is 359 g/mol. The van der Waals surface area contributed by atoms with Gasteiger partial charge >= 0.3 is 6.03 Å². The summed E-state index contributed by atoms with van der Waals surface area (Å²) < 4.78 is 27.2. The summed E-state index contributed by atoms with van der Waals surface area (Å²) >= 11 is 0. The second kappa shape index (κ2) is 7.51. The summed E-state index contributed by atoms with van der Waals surface area (Å²) in [4.78, 5) is 26.0. The highest BCUT2D eigenvalue weighted by Crippen LogP contribution is 2.25. The molecule has 1 heterocycles. The Bertz CT molecular complexity index is 793. The Kier molecular flexibility index (Phi) is 5.16. The molecule has 5 nitrogen and oxygen atoms in total. The summed E-state index contributed by atoms with van der Waals surface area (Å²) in [6.07, 6.45) is 0.143. The van der Waals surface area contributed by atoms with E-state index in [9.17, 15) is 18.4 Å². The predicted octanol–water partition coefficient (Wildman–Crippen LogP) is 3.45. The van der Waals surface area contributed by atoms with Gasteiger partial charge in [0.25, 0.3) is 0 Å². The molecule has 2 aromatic carbocycles. The van der Waals surface area contributed by atoms with E-state index < -0.39 is 29.4 Å². The van der Waals surface area contributed by atoms with Crippen molar-refractivity contribution in [3.63, 3.8) is 0 Å². The van der Waals surface area contributed by atoms with Gasteiger partial charge in [0.15, 0.2) is 0 Å². The number of carbonyl (C=O) groups is 2. The number of rotatable bonds is 4. The first kappa shape index (κ1) is 17.8.